The van der Waals surface area contributed by atoms with Gasteiger partial charge >= 0.3 is 0 Å². The second kappa shape index (κ2) is 7.28. The zero-order chi connectivity index (χ0) is 15.4. The molecular formula is C18H29NO2. The van der Waals surface area contributed by atoms with Crippen molar-refractivity contribution in [2.45, 2.75) is 52.2 Å². The van der Waals surface area contributed by atoms with E-state index in [9.17, 15) is 5.11 Å². The maximum atomic E-state index is 10.5. The molecular weight excluding hydrogens is 262 g/mol. The molecule has 1 saturated carbocycles. The van der Waals surface area contributed by atoms with Gasteiger partial charge in [0.15, 0.2) is 0 Å². The Labute approximate surface area is 128 Å². The highest BCUT2D eigenvalue weighted by Crippen LogP contribution is 2.30. The van der Waals surface area contributed by atoms with Crippen LogP contribution in [-0.2, 0) is 0 Å². The van der Waals surface area contributed by atoms with Crippen molar-refractivity contribution in [2.24, 2.45) is 11.8 Å². The zero-order valence-corrected chi connectivity index (χ0v) is 13.7. The van der Waals surface area contributed by atoms with Crippen LogP contribution < -0.4 is 10.1 Å². The summed E-state index contributed by atoms with van der Waals surface area (Å²) >= 11 is 0. The van der Waals surface area contributed by atoms with Gasteiger partial charge in [0.1, 0.15) is 5.75 Å². The Kier molecular flexibility index (Phi) is 5.65. The third-order valence-corrected chi connectivity index (χ3v) is 4.94. The molecule has 0 bridgehead atoms. The molecule has 1 aliphatic carbocycles. The molecule has 0 aromatic heterocycles. The average Bonchev–Trinajstić information content (AvgIpc) is 2.48. The summed E-state index contributed by atoms with van der Waals surface area (Å²) in [6.45, 7) is 7.30. The Hall–Kier alpha value is -1.06. The second-order valence-electron chi connectivity index (χ2n) is 6.63. The molecule has 0 radical (unpaired) electrons. The molecule has 118 valence electrons. The molecule has 0 heterocycles. The highest BCUT2D eigenvalue weighted by molar-refractivity contribution is 5.38. The minimum Gasteiger partial charge on any atom is -0.496 e. The monoisotopic (exact) mass is 291 g/mol. The molecule has 4 unspecified atom stereocenters. The van der Waals surface area contributed by atoms with Crippen molar-refractivity contribution in [1.82, 2.24) is 5.32 Å². The van der Waals surface area contributed by atoms with Crippen molar-refractivity contribution in [1.29, 1.82) is 0 Å². The van der Waals surface area contributed by atoms with Gasteiger partial charge in [0.25, 0.3) is 0 Å². The number of aryl methyl sites for hydroxylation is 1. The van der Waals surface area contributed by atoms with Crippen LogP contribution in [0.2, 0.25) is 0 Å². The van der Waals surface area contributed by atoms with E-state index in [0.29, 0.717) is 12.6 Å². The van der Waals surface area contributed by atoms with Crippen molar-refractivity contribution >= 4 is 0 Å². The van der Waals surface area contributed by atoms with Crippen LogP contribution in [-0.4, -0.2) is 24.8 Å². The Morgan fingerprint density at radius 2 is 2.05 bits per heavy atom. The lowest BCUT2D eigenvalue weighted by Gasteiger charge is -2.33. The summed E-state index contributed by atoms with van der Waals surface area (Å²) in [7, 11) is 1.65. The number of rotatable bonds is 5. The Morgan fingerprint density at radius 1 is 1.29 bits per heavy atom. The first-order valence-electron chi connectivity index (χ1n) is 8.07. The Morgan fingerprint density at radius 3 is 2.71 bits per heavy atom. The van der Waals surface area contributed by atoms with E-state index in [1.807, 2.05) is 25.1 Å². The highest BCUT2D eigenvalue weighted by atomic mass is 16.5. The van der Waals surface area contributed by atoms with E-state index in [0.717, 1.165) is 28.7 Å². The summed E-state index contributed by atoms with van der Waals surface area (Å²) in [5.74, 6) is 2.35. The van der Waals surface area contributed by atoms with Crippen LogP contribution in [0.25, 0.3) is 0 Å². The van der Waals surface area contributed by atoms with E-state index >= 15 is 0 Å². The Bertz CT molecular complexity index is 461. The molecule has 1 aromatic rings. The number of methoxy groups -OCH3 is 1. The van der Waals surface area contributed by atoms with Gasteiger partial charge < -0.3 is 15.2 Å². The molecule has 4 atom stereocenters. The lowest BCUT2D eigenvalue weighted by molar-refractivity contribution is 0.151. The third kappa shape index (κ3) is 4.21. The van der Waals surface area contributed by atoms with Crippen LogP contribution >= 0.6 is 0 Å². The topological polar surface area (TPSA) is 41.5 Å². The van der Waals surface area contributed by atoms with Crippen molar-refractivity contribution in [2.75, 3.05) is 13.7 Å². The summed E-state index contributed by atoms with van der Waals surface area (Å²) in [6.07, 6.45) is 3.18. The normalized spacial score (nSPS) is 27.4. The van der Waals surface area contributed by atoms with Crippen molar-refractivity contribution in [3.63, 3.8) is 0 Å². The molecule has 1 fully saturated rings. The fourth-order valence-electron chi connectivity index (χ4n) is 3.24. The van der Waals surface area contributed by atoms with Crippen LogP contribution in [0.1, 0.15) is 50.3 Å². The summed E-state index contributed by atoms with van der Waals surface area (Å²) < 4.78 is 5.36. The predicted molar refractivity (Wildman–Crippen MR) is 86.7 cm³/mol. The number of nitrogens with one attached hydrogen (secondary N) is 1. The van der Waals surface area contributed by atoms with Gasteiger partial charge in [0, 0.05) is 18.2 Å². The van der Waals surface area contributed by atoms with E-state index in [1.54, 1.807) is 7.11 Å². The molecule has 1 aliphatic rings. The first-order valence-corrected chi connectivity index (χ1v) is 8.07. The highest BCUT2D eigenvalue weighted by Gasteiger charge is 2.25. The van der Waals surface area contributed by atoms with Crippen LogP contribution in [0.15, 0.2) is 18.2 Å². The largest absolute Gasteiger partial charge is 0.496 e. The summed E-state index contributed by atoms with van der Waals surface area (Å²) in [6, 6.07) is 6.48. The standard InChI is InChI=1S/C18H29NO2/c1-12-5-8-18(21-4)16(9-12)17(20)11-19-15-7-6-13(2)14(3)10-15/h5,8-9,13-15,17,19-20H,6-7,10-11H2,1-4H3. The molecule has 1 aromatic carbocycles. The van der Waals surface area contributed by atoms with E-state index < -0.39 is 6.10 Å². The minimum atomic E-state index is -0.519. The van der Waals surface area contributed by atoms with Gasteiger partial charge in [-0.1, -0.05) is 25.5 Å². The summed E-state index contributed by atoms with van der Waals surface area (Å²) in [5.41, 5.74) is 2.02. The SMILES string of the molecule is COc1ccc(C)cc1C(O)CNC1CCC(C)C(C)C1. The molecule has 3 nitrogen and oxygen atoms in total. The average molecular weight is 291 g/mol. The maximum Gasteiger partial charge on any atom is 0.124 e. The van der Waals surface area contributed by atoms with Gasteiger partial charge in [0.05, 0.1) is 13.2 Å². The predicted octanol–water partition coefficient (Wildman–Crippen LogP) is 3.45. The van der Waals surface area contributed by atoms with Crippen LogP contribution in [0.4, 0.5) is 0 Å². The van der Waals surface area contributed by atoms with Gasteiger partial charge in [0.2, 0.25) is 0 Å². The van der Waals surface area contributed by atoms with E-state index in [4.69, 9.17) is 4.74 Å². The molecule has 0 aliphatic heterocycles. The third-order valence-electron chi connectivity index (χ3n) is 4.94. The number of hydrogen-bond donors (Lipinski definition) is 2. The number of benzene rings is 1. The van der Waals surface area contributed by atoms with Gasteiger partial charge in [-0.05, 0) is 50.2 Å². The van der Waals surface area contributed by atoms with Gasteiger partial charge in [-0.2, -0.15) is 0 Å². The molecule has 21 heavy (non-hydrogen) atoms. The number of aliphatic hydroxyl groups excluding tert-OH is 1. The van der Waals surface area contributed by atoms with E-state index in [-0.39, 0.29) is 0 Å². The smallest absolute Gasteiger partial charge is 0.124 e. The molecule has 0 saturated heterocycles. The van der Waals surface area contributed by atoms with Crippen molar-refractivity contribution in [3.05, 3.63) is 29.3 Å². The lowest BCUT2D eigenvalue weighted by atomic mass is 9.79. The molecule has 3 heteroatoms. The minimum absolute atomic E-state index is 0.519. The van der Waals surface area contributed by atoms with Gasteiger partial charge in [-0.3, -0.25) is 0 Å². The van der Waals surface area contributed by atoms with Crippen LogP contribution in [0.3, 0.4) is 0 Å². The lowest BCUT2D eigenvalue weighted by Crippen LogP contribution is -2.38. The quantitative estimate of drug-likeness (QED) is 0.873. The molecule has 0 spiro atoms. The first kappa shape index (κ1) is 16.3. The number of aliphatic hydroxyl groups is 1. The van der Waals surface area contributed by atoms with Gasteiger partial charge in [-0.25, -0.2) is 0 Å². The first-order chi connectivity index (χ1) is 10.0. The van der Waals surface area contributed by atoms with Crippen LogP contribution in [0, 0.1) is 18.8 Å². The number of hydrogen-bond acceptors (Lipinski definition) is 3. The van der Waals surface area contributed by atoms with E-state index in [2.05, 4.69) is 19.2 Å². The zero-order valence-electron chi connectivity index (χ0n) is 13.7. The van der Waals surface area contributed by atoms with Crippen molar-refractivity contribution < 1.29 is 9.84 Å². The Balaban J connectivity index is 1.93. The van der Waals surface area contributed by atoms with Crippen LogP contribution in [0.5, 0.6) is 5.75 Å². The van der Waals surface area contributed by atoms with Gasteiger partial charge in [-0.15, -0.1) is 0 Å². The molecule has 0 amide bonds. The van der Waals surface area contributed by atoms with E-state index in [1.165, 1.54) is 19.3 Å². The fraction of sp³-hybridized carbons (Fsp3) is 0.667. The number of ether oxygens (including phenoxy) is 1. The molecule has 2 N–H and O–H groups in total. The molecule has 2 rings (SSSR count). The fourth-order valence-corrected chi connectivity index (χ4v) is 3.24. The van der Waals surface area contributed by atoms with Crippen molar-refractivity contribution in [3.8, 4) is 5.75 Å². The second-order valence-corrected chi connectivity index (χ2v) is 6.63. The summed E-state index contributed by atoms with van der Waals surface area (Å²) in [5, 5.41) is 14.0. The maximum absolute atomic E-state index is 10.5. The summed E-state index contributed by atoms with van der Waals surface area (Å²) in [4.78, 5) is 0.